The molecule has 1 aromatic heterocycles. The summed E-state index contributed by atoms with van der Waals surface area (Å²) in [5, 5.41) is 3.86. The van der Waals surface area contributed by atoms with Crippen molar-refractivity contribution in [1.82, 2.24) is 14.9 Å². The van der Waals surface area contributed by atoms with Crippen LogP contribution in [0.2, 0.25) is 0 Å². The number of halogens is 1. The lowest BCUT2D eigenvalue weighted by Gasteiger charge is -2.05. The molecule has 6 nitrogen and oxygen atoms in total. The monoisotopic (exact) mass is 407 g/mol. The molecule has 0 aliphatic rings. The first-order valence-electron chi connectivity index (χ1n) is 7.12. The molecule has 0 saturated carbocycles. The van der Waals surface area contributed by atoms with Crippen LogP contribution in [-0.4, -0.2) is 18.6 Å². The van der Waals surface area contributed by atoms with Crippen LogP contribution in [0.25, 0.3) is 11.4 Å². The maximum atomic E-state index is 12.1. The van der Waals surface area contributed by atoms with Crippen LogP contribution in [0.4, 0.5) is 0 Å². The second-order valence-electron chi connectivity index (χ2n) is 5.09. The summed E-state index contributed by atoms with van der Waals surface area (Å²) in [5.74, 6) is 0.523. The average molecular weight is 408 g/mol. The minimum Gasteiger partial charge on any atom is -0.338 e. The Hall–Kier alpha value is -2.03. The van der Waals surface area contributed by atoms with E-state index in [-0.39, 0.29) is 18.2 Å². The summed E-state index contributed by atoms with van der Waals surface area (Å²) in [6.45, 7) is -0.0455. The van der Waals surface area contributed by atoms with E-state index in [0.29, 0.717) is 11.4 Å². The van der Waals surface area contributed by atoms with Crippen molar-refractivity contribution in [2.45, 2.75) is 12.3 Å². The van der Waals surface area contributed by atoms with Crippen LogP contribution >= 0.6 is 15.9 Å². The molecular weight excluding hydrogens is 394 g/mol. The van der Waals surface area contributed by atoms with Crippen molar-refractivity contribution in [2.24, 2.45) is 0 Å². The van der Waals surface area contributed by atoms with Gasteiger partial charge in [-0.3, -0.25) is 0 Å². The minimum absolute atomic E-state index is 0.0455. The van der Waals surface area contributed by atoms with E-state index in [1.165, 1.54) is 0 Å². The zero-order valence-electron chi connectivity index (χ0n) is 12.5. The van der Waals surface area contributed by atoms with E-state index in [9.17, 15) is 8.42 Å². The maximum Gasteiger partial charge on any atom is 0.242 e. The van der Waals surface area contributed by atoms with Crippen molar-refractivity contribution < 1.29 is 12.9 Å². The lowest BCUT2D eigenvalue weighted by molar-refractivity contribution is 0.376. The third kappa shape index (κ3) is 4.50. The van der Waals surface area contributed by atoms with Gasteiger partial charge < -0.3 is 4.52 Å². The van der Waals surface area contributed by atoms with Crippen LogP contribution in [0.15, 0.2) is 63.6 Å². The van der Waals surface area contributed by atoms with Gasteiger partial charge in [-0.25, -0.2) is 13.1 Å². The maximum absolute atomic E-state index is 12.1. The molecule has 0 spiro atoms. The van der Waals surface area contributed by atoms with Crippen molar-refractivity contribution in [1.29, 1.82) is 0 Å². The van der Waals surface area contributed by atoms with Gasteiger partial charge in [-0.15, -0.1) is 0 Å². The summed E-state index contributed by atoms with van der Waals surface area (Å²) < 4.78 is 32.7. The minimum atomic E-state index is -3.50. The summed E-state index contributed by atoms with van der Waals surface area (Å²) in [4.78, 5) is 4.19. The fraction of sp³-hybridized carbons (Fsp3) is 0.125. The first-order valence-corrected chi connectivity index (χ1v) is 9.56. The van der Waals surface area contributed by atoms with Gasteiger partial charge in [-0.2, -0.15) is 4.98 Å². The third-order valence-corrected chi connectivity index (χ3v) is 4.98. The summed E-state index contributed by atoms with van der Waals surface area (Å²) in [7, 11) is -3.50. The Morgan fingerprint density at radius 3 is 2.62 bits per heavy atom. The van der Waals surface area contributed by atoms with E-state index in [4.69, 9.17) is 4.52 Å². The summed E-state index contributed by atoms with van der Waals surface area (Å²) in [5.41, 5.74) is 1.50. The van der Waals surface area contributed by atoms with Crippen LogP contribution in [-0.2, 0) is 22.3 Å². The highest BCUT2D eigenvalue weighted by Crippen LogP contribution is 2.16. The molecule has 0 bridgehead atoms. The molecular formula is C16H14BrN3O3S. The van der Waals surface area contributed by atoms with E-state index >= 15 is 0 Å². The quantitative estimate of drug-likeness (QED) is 0.678. The Bertz CT molecular complexity index is 927. The molecule has 0 aliphatic heterocycles. The van der Waals surface area contributed by atoms with Crippen LogP contribution in [0.3, 0.4) is 0 Å². The topological polar surface area (TPSA) is 85.1 Å². The van der Waals surface area contributed by atoms with Gasteiger partial charge in [0.1, 0.15) is 0 Å². The Balaban J connectivity index is 1.64. The zero-order valence-corrected chi connectivity index (χ0v) is 14.9. The van der Waals surface area contributed by atoms with Crippen LogP contribution in [0.5, 0.6) is 0 Å². The Labute approximate surface area is 148 Å². The molecule has 1 heterocycles. The predicted molar refractivity (Wildman–Crippen MR) is 93.3 cm³/mol. The Morgan fingerprint density at radius 1 is 1.08 bits per heavy atom. The van der Waals surface area contributed by atoms with Crippen molar-refractivity contribution in [3.63, 3.8) is 0 Å². The highest BCUT2D eigenvalue weighted by Gasteiger charge is 2.15. The first kappa shape index (κ1) is 16.8. The lowest BCUT2D eigenvalue weighted by atomic mass is 10.2. The molecule has 3 aromatic rings. The first-order chi connectivity index (χ1) is 11.5. The number of rotatable bonds is 6. The lowest BCUT2D eigenvalue weighted by Crippen LogP contribution is -2.24. The number of hydrogen-bond donors (Lipinski definition) is 1. The molecule has 0 fully saturated rings. The molecule has 124 valence electrons. The SMILES string of the molecule is O=S(=O)(Cc1cccc(Br)c1)NCc1nc(-c2ccccc2)no1. The molecule has 0 radical (unpaired) electrons. The van der Waals surface area contributed by atoms with Gasteiger partial charge >= 0.3 is 0 Å². The predicted octanol–water partition coefficient (Wildman–Crippen LogP) is 3.12. The molecule has 24 heavy (non-hydrogen) atoms. The van der Waals surface area contributed by atoms with Crippen LogP contribution in [0.1, 0.15) is 11.5 Å². The van der Waals surface area contributed by atoms with E-state index in [2.05, 4.69) is 30.8 Å². The summed E-state index contributed by atoms with van der Waals surface area (Å²) in [6.07, 6.45) is 0. The Morgan fingerprint density at radius 2 is 1.88 bits per heavy atom. The van der Waals surface area contributed by atoms with Gasteiger partial charge in [0.15, 0.2) is 0 Å². The van der Waals surface area contributed by atoms with E-state index in [1.54, 1.807) is 18.2 Å². The molecule has 2 aromatic carbocycles. The molecule has 0 aliphatic carbocycles. The molecule has 3 rings (SSSR count). The standard InChI is InChI=1S/C16H14BrN3O3S/c17-14-8-4-5-12(9-14)11-24(21,22)18-10-15-19-16(20-23-15)13-6-2-1-3-7-13/h1-9,18H,10-11H2. The fourth-order valence-electron chi connectivity index (χ4n) is 2.10. The van der Waals surface area contributed by atoms with Gasteiger partial charge in [0, 0.05) is 10.0 Å². The smallest absolute Gasteiger partial charge is 0.242 e. The summed E-state index contributed by atoms with van der Waals surface area (Å²) >= 11 is 3.32. The number of hydrogen-bond acceptors (Lipinski definition) is 5. The molecule has 1 N–H and O–H groups in total. The number of nitrogens with zero attached hydrogens (tertiary/aromatic N) is 2. The van der Waals surface area contributed by atoms with Gasteiger partial charge in [0.2, 0.25) is 21.7 Å². The van der Waals surface area contributed by atoms with Gasteiger partial charge in [0.25, 0.3) is 0 Å². The second kappa shape index (κ2) is 7.25. The summed E-state index contributed by atoms with van der Waals surface area (Å²) in [6, 6.07) is 16.5. The van der Waals surface area contributed by atoms with Crippen LogP contribution in [0, 0.1) is 0 Å². The van der Waals surface area contributed by atoms with Crippen molar-refractivity contribution in [3.8, 4) is 11.4 Å². The molecule has 8 heteroatoms. The third-order valence-electron chi connectivity index (χ3n) is 3.19. The van der Waals surface area contributed by atoms with Gasteiger partial charge in [0.05, 0.1) is 12.3 Å². The van der Waals surface area contributed by atoms with E-state index in [0.717, 1.165) is 10.0 Å². The normalized spacial score (nSPS) is 11.5. The largest absolute Gasteiger partial charge is 0.338 e. The van der Waals surface area contributed by atoms with Crippen molar-refractivity contribution in [2.75, 3.05) is 0 Å². The van der Waals surface area contributed by atoms with Gasteiger partial charge in [-0.05, 0) is 17.7 Å². The number of aromatic nitrogens is 2. The Kier molecular flexibility index (Phi) is 5.08. The zero-order chi connectivity index (χ0) is 17.0. The van der Waals surface area contributed by atoms with E-state index < -0.39 is 10.0 Å². The van der Waals surface area contributed by atoms with Crippen molar-refractivity contribution in [3.05, 3.63) is 70.5 Å². The molecule has 0 amide bonds. The van der Waals surface area contributed by atoms with E-state index in [1.807, 2.05) is 36.4 Å². The average Bonchev–Trinajstić information content (AvgIpc) is 3.03. The highest BCUT2D eigenvalue weighted by atomic mass is 79.9. The number of nitrogens with one attached hydrogen (secondary N) is 1. The number of benzene rings is 2. The molecule has 0 unspecified atom stereocenters. The highest BCUT2D eigenvalue weighted by molar-refractivity contribution is 9.10. The molecule has 0 saturated heterocycles. The second-order valence-corrected chi connectivity index (χ2v) is 7.81. The fourth-order valence-corrected chi connectivity index (χ4v) is 3.61. The number of sulfonamides is 1. The molecule has 0 atom stereocenters. The van der Waals surface area contributed by atoms with Crippen molar-refractivity contribution >= 4 is 26.0 Å². The van der Waals surface area contributed by atoms with Gasteiger partial charge in [-0.1, -0.05) is 63.6 Å². The van der Waals surface area contributed by atoms with Crippen LogP contribution < -0.4 is 4.72 Å².